The van der Waals surface area contributed by atoms with Gasteiger partial charge in [0.15, 0.2) is 0 Å². The average Bonchev–Trinajstić information content (AvgIpc) is 2.92. The number of hydrogen-bond acceptors (Lipinski definition) is 4. The molecule has 0 aliphatic carbocycles. The number of hydrogen-bond donors (Lipinski definition) is 0. The second kappa shape index (κ2) is 28.8. The smallest absolute Gasteiger partial charge is 0.305 e. The first kappa shape index (κ1) is 36.8. The summed E-state index contributed by atoms with van der Waals surface area (Å²) in [5, 5.41) is 0. The molecule has 0 spiro atoms. The van der Waals surface area contributed by atoms with Crippen molar-refractivity contribution in [2.75, 3.05) is 6.61 Å². The molecule has 2 atom stereocenters. The van der Waals surface area contributed by atoms with Crippen molar-refractivity contribution in [1.82, 2.24) is 0 Å². The zero-order valence-corrected chi connectivity index (χ0v) is 25.7. The van der Waals surface area contributed by atoms with Gasteiger partial charge in [0, 0.05) is 25.2 Å². The minimum absolute atomic E-state index is 0.0170. The number of carbonyl (C=O) groups is 3. The second-order valence-electron chi connectivity index (χ2n) is 11.6. The quantitative estimate of drug-likeness (QED) is 0.0520. The van der Waals surface area contributed by atoms with Crippen LogP contribution in [0.5, 0.6) is 0 Å². The SMILES string of the molecule is CCCCCCC(CCCCCCCCCCC(=O)OCC(CC)CCCC)C(=O)CCCCCCC=O. The Bertz CT molecular complexity index is 545. The lowest BCUT2D eigenvalue weighted by Gasteiger charge is -2.16. The maximum atomic E-state index is 12.9. The average molecular weight is 537 g/mol. The minimum Gasteiger partial charge on any atom is -0.465 e. The van der Waals surface area contributed by atoms with E-state index in [0.29, 0.717) is 31.1 Å². The Hall–Kier alpha value is -1.19. The van der Waals surface area contributed by atoms with Gasteiger partial charge in [-0.3, -0.25) is 9.59 Å². The van der Waals surface area contributed by atoms with E-state index >= 15 is 0 Å². The zero-order chi connectivity index (χ0) is 28.1. The fourth-order valence-electron chi connectivity index (χ4n) is 5.27. The van der Waals surface area contributed by atoms with Crippen LogP contribution in [0.15, 0.2) is 0 Å². The molecule has 4 nitrogen and oxygen atoms in total. The van der Waals surface area contributed by atoms with Crippen molar-refractivity contribution in [3.8, 4) is 0 Å². The lowest BCUT2D eigenvalue weighted by atomic mass is 9.88. The van der Waals surface area contributed by atoms with Crippen LogP contribution in [-0.4, -0.2) is 24.6 Å². The summed E-state index contributed by atoms with van der Waals surface area (Å²) in [6.07, 6.45) is 28.2. The van der Waals surface area contributed by atoms with Crippen LogP contribution >= 0.6 is 0 Å². The molecule has 0 aromatic rings. The van der Waals surface area contributed by atoms with Gasteiger partial charge in [-0.05, 0) is 44.4 Å². The number of aldehydes is 1. The Morgan fingerprint density at radius 2 is 1.13 bits per heavy atom. The number of carbonyl (C=O) groups excluding carboxylic acids is 3. The second-order valence-corrected chi connectivity index (χ2v) is 11.6. The summed E-state index contributed by atoms with van der Waals surface area (Å²) in [7, 11) is 0. The third-order valence-corrected chi connectivity index (χ3v) is 8.06. The van der Waals surface area contributed by atoms with Crippen molar-refractivity contribution in [2.24, 2.45) is 11.8 Å². The summed E-state index contributed by atoms with van der Waals surface area (Å²) < 4.78 is 5.50. The molecule has 0 heterocycles. The molecule has 0 rings (SSSR count). The van der Waals surface area contributed by atoms with Gasteiger partial charge in [0.1, 0.15) is 12.1 Å². The Kier molecular flexibility index (Phi) is 27.9. The molecule has 0 bridgehead atoms. The maximum absolute atomic E-state index is 12.9. The predicted molar refractivity (Wildman–Crippen MR) is 161 cm³/mol. The van der Waals surface area contributed by atoms with E-state index in [4.69, 9.17) is 4.74 Å². The van der Waals surface area contributed by atoms with Crippen molar-refractivity contribution < 1.29 is 19.1 Å². The number of rotatable bonds is 30. The van der Waals surface area contributed by atoms with E-state index in [9.17, 15) is 14.4 Å². The van der Waals surface area contributed by atoms with Gasteiger partial charge in [-0.15, -0.1) is 0 Å². The van der Waals surface area contributed by atoms with Crippen LogP contribution in [0.25, 0.3) is 0 Å². The molecule has 0 amide bonds. The third kappa shape index (κ3) is 23.9. The number of esters is 1. The molecule has 0 saturated carbocycles. The number of ketones is 1. The molecule has 0 aliphatic heterocycles. The van der Waals surface area contributed by atoms with Crippen LogP contribution in [0.2, 0.25) is 0 Å². The highest BCUT2D eigenvalue weighted by molar-refractivity contribution is 5.80. The van der Waals surface area contributed by atoms with Gasteiger partial charge in [0.05, 0.1) is 6.61 Å². The molecule has 38 heavy (non-hydrogen) atoms. The van der Waals surface area contributed by atoms with Crippen molar-refractivity contribution in [1.29, 1.82) is 0 Å². The van der Waals surface area contributed by atoms with Crippen LogP contribution in [0, 0.1) is 11.8 Å². The standard InChI is InChI=1S/C34H64O4/c1-4-7-9-19-25-32(33(36)27-21-16-14-18-23-29-35)26-20-15-12-10-11-13-17-22-28-34(37)38-30-31(6-3)24-8-5-2/h29,31-32H,4-28,30H2,1-3H3. The monoisotopic (exact) mass is 536 g/mol. The Labute approximate surface area is 236 Å². The largest absolute Gasteiger partial charge is 0.465 e. The summed E-state index contributed by atoms with van der Waals surface area (Å²) in [6, 6.07) is 0. The number of unbranched alkanes of at least 4 members (excludes halogenated alkanes) is 15. The third-order valence-electron chi connectivity index (χ3n) is 8.06. The molecule has 0 N–H and O–H groups in total. The first-order chi connectivity index (χ1) is 18.6. The van der Waals surface area contributed by atoms with E-state index in [0.717, 1.165) is 70.5 Å². The van der Waals surface area contributed by atoms with Crippen molar-refractivity contribution in [2.45, 2.75) is 181 Å². The molecular formula is C34H64O4. The van der Waals surface area contributed by atoms with Crippen LogP contribution in [0.3, 0.4) is 0 Å². The van der Waals surface area contributed by atoms with E-state index in [1.807, 2.05) is 0 Å². The lowest BCUT2D eigenvalue weighted by molar-refractivity contribution is -0.145. The summed E-state index contributed by atoms with van der Waals surface area (Å²) in [4.78, 5) is 35.3. The highest BCUT2D eigenvalue weighted by Gasteiger charge is 2.17. The topological polar surface area (TPSA) is 60.4 Å². The summed E-state index contributed by atoms with van der Waals surface area (Å²) >= 11 is 0. The molecule has 0 aromatic carbocycles. The molecule has 0 saturated heterocycles. The van der Waals surface area contributed by atoms with Gasteiger partial charge < -0.3 is 9.53 Å². The van der Waals surface area contributed by atoms with E-state index in [2.05, 4.69) is 20.8 Å². The first-order valence-electron chi connectivity index (χ1n) is 16.7. The van der Waals surface area contributed by atoms with Crippen LogP contribution in [-0.2, 0) is 19.1 Å². The van der Waals surface area contributed by atoms with Crippen LogP contribution < -0.4 is 0 Å². The molecular weight excluding hydrogens is 472 g/mol. The fourth-order valence-corrected chi connectivity index (χ4v) is 5.27. The van der Waals surface area contributed by atoms with Crippen LogP contribution in [0.1, 0.15) is 181 Å². The Morgan fingerprint density at radius 1 is 0.605 bits per heavy atom. The normalized spacial score (nSPS) is 12.8. The van der Waals surface area contributed by atoms with Gasteiger partial charge in [-0.1, -0.05) is 124 Å². The lowest BCUT2D eigenvalue weighted by Crippen LogP contribution is -2.14. The minimum atomic E-state index is -0.0170. The highest BCUT2D eigenvalue weighted by Crippen LogP contribution is 2.22. The molecule has 0 radical (unpaired) electrons. The Morgan fingerprint density at radius 3 is 1.71 bits per heavy atom. The molecule has 4 heteroatoms. The molecule has 0 fully saturated rings. The van der Waals surface area contributed by atoms with Gasteiger partial charge in [0.2, 0.25) is 0 Å². The molecule has 0 aromatic heterocycles. The maximum Gasteiger partial charge on any atom is 0.305 e. The van der Waals surface area contributed by atoms with Crippen molar-refractivity contribution >= 4 is 18.0 Å². The fraction of sp³-hybridized carbons (Fsp3) is 0.912. The van der Waals surface area contributed by atoms with Crippen molar-refractivity contribution in [3.05, 3.63) is 0 Å². The van der Waals surface area contributed by atoms with Crippen molar-refractivity contribution in [3.63, 3.8) is 0 Å². The summed E-state index contributed by atoms with van der Waals surface area (Å²) in [5.41, 5.74) is 0. The van der Waals surface area contributed by atoms with Gasteiger partial charge in [-0.25, -0.2) is 0 Å². The van der Waals surface area contributed by atoms with E-state index < -0.39 is 0 Å². The predicted octanol–water partition coefficient (Wildman–Crippen LogP) is 10.3. The zero-order valence-electron chi connectivity index (χ0n) is 25.7. The Balaban J connectivity index is 3.89. The number of ether oxygens (including phenoxy) is 1. The van der Waals surface area contributed by atoms with E-state index in [-0.39, 0.29) is 11.9 Å². The first-order valence-corrected chi connectivity index (χ1v) is 16.7. The molecule has 224 valence electrons. The molecule has 0 aliphatic rings. The molecule has 2 unspecified atom stereocenters. The van der Waals surface area contributed by atoms with Crippen LogP contribution in [0.4, 0.5) is 0 Å². The number of Topliss-reactive ketones (excluding diaryl/α,β-unsaturated/α-hetero) is 1. The summed E-state index contributed by atoms with van der Waals surface area (Å²) in [5.74, 6) is 1.26. The van der Waals surface area contributed by atoms with E-state index in [1.54, 1.807) is 0 Å². The van der Waals surface area contributed by atoms with E-state index in [1.165, 1.54) is 83.5 Å². The highest BCUT2D eigenvalue weighted by atomic mass is 16.5. The summed E-state index contributed by atoms with van der Waals surface area (Å²) in [6.45, 7) is 7.23. The van der Waals surface area contributed by atoms with Gasteiger partial charge in [0.25, 0.3) is 0 Å². The van der Waals surface area contributed by atoms with Gasteiger partial charge >= 0.3 is 5.97 Å². The van der Waals surface area contributed by atoms with Gasteiger partial charge in [-0.2, -0.15) is 0 Å².